The quantitative estimate of drug-likeness (QED) is 0.771. The van der Waals surface area contributed by atoms with Crippen LogP contribution in [0.1, 0.15) is 35.6 Å². The van der Waals surface area contributed by atoms with Gasteiger partial charge in [-0.2, -0.15) is 5.26 Å². The van der Waals surface area contributed by atoms with Crippen molar-refractivity contribution in [2.24, 2.45) is 5.73 Å². The summed E-state index contributed by atoms with van der Waals surface area (Å²) in [5.74, 6) is -0.596. The van der Waals surface area contributed by atoms with Gasteiger partial charge in [-0.3, -0.25) is 9.69 Å². The van der Waals surface area contributed by atoms with E-state index in [-0.39, 0.29) is 18.1 Å². The average molecular weight is 400 g/mol. The number of amides is 1. The fourth-order valence-corrected chi connectivity index (χ4v) is 3.48. The fourth-order valence-electron chi connectivity index (χ4n) is 3.48. The summed E-state index contributed by atoms with van der Waals surface area (Å²) in [6.45, 7) is 0.341. The molecule has 1 saturated heterocycles. The van der Waals surface area contributed by atoms with Gasteiger partial charge in [0.1, 0.15) is 25.1 Å². The van der Waals surface area contributed by atoms with Crippen molar-refractivity contribution in [3.8, 4) is 11.9 Å². The molecule has 2 aromatic rings. The highest BCUT2D eigenvalue weighted by molar-refractivity contribution is 5.80. The van der Waals surface area contributed by atoms with Crippen LogP contribution in [-0.4, -0.2) is 41.6 Å². The Kier molecular flexibility index (Phi) is 6.73. The molecule has 1 aromatic heterocycles. The Morgan fingerprint density at radius 2 is 2.10 bits per heavy atom. The van der Waals surface area contributed by atoms with Gasteiger partial charge in [0.2, 0.25) is 11.8 Å². The predicted molar refractivity (Wildman–Crippen MR) is 102 cm³/mol. The van der Waals surface area contributed by atoms with E-state index in [0.717, 1.165) is 18.5 Å². The number of nitrogens with two attached hydrogens (primary N) is 1. The zero-order chi connectivity index (χ0) is 20.8. The predicted octanol–water partition coefficient (Wildman–Crippen LogP) is 2.67. The zero-order valence-electron chi connectivity index (χ0n) is 15.9. The Labute approximate surface area is 167 Å². The summed E-state index contributed by atoms with van der Waals surface area (Å²) < 4.78 is 32.7. The number of pyridine rings is 1. The molecule has 8 heteroatoms. The molecule has 6 nitrogen and oxygen atoms in total. The molecule has 0 saturated carbocycles. The Morgan fingerprint density at radius 3 is 2.72 bits per heavy atom. The van der Waals surface area contributed by atoms with Crippen LogP contribution in [0.15, 0.2) is 36.4 Å². The maximum absolute atomic E-state index is 14.0. The van der Waals surface area contributed by atoms with Crippen LogP contribution in [-0.2, 0) is 11.4 Å². The van der Waals surface area contributed by atoms with Crippen molar-refractivity contribution < 1.29 is 18.3 Å². The first-order valence-corrected chi connectivity index (χ1v) is 9.39. The van der Waals surface area contributed by atoms with Gasteiger partial charge in [0, 0.05) is 23.2 Å². The maximum atomic E-state index is 14.0. The number of primary amides is 1. The second-order valence-electron chi connectivity index (χ2n) is 6.99. The van der Waals surface area contributed by atoms with E-state index in [1.54, 1.807) is 11.0 Å². The molecule has 1 fully saturated rings. The summed E-state index contributed by atoms with van der Waals surface area (Å²) in [5.41, 5.74) is 6.70. The van der Waals surface area contributed by atoms with E-state index < -0.39 is 24.4 Å². The number of carbonyl (C=O) groups is 1. The minimum absolute atomic E-state index is 0.00321. The van der Waals surface area contributed by atoms with Crippen LogP contribution in [0.2, 0.25) is 0 Å². The summed E-state index contributed by atoms with van der Waals surface area (Å²) in [6.07, 6.45) is 1.45. The summed E-state index contributed by atoms with van der Waals surface area (Å²) in [4.78, 5) is 17.6. The van der Waals surface area contributed by atoms with Crippen molar-refractivity contribution >= 4 is 5.91 Å². The number of benzene rings is 1. The zero-order valence-corrected chi connectivity index (χ0v) is 15.9. The third-order valence-corrected chi connectivity index (χ3v) is 5.17. The minimum Gasteiger partial charge on any atom is -0.473 e. The Balaban J connectivity index is 1.60. The van der Waals surface area contributed by atoms with E-state index in [0.29, 0.717) is 24.5 Å². The molecule has 0 bridgehead atoms. The Morgan fingerprint density at radius 1 is 1.34 bits per heavy atom. The first kappa shape index (κ1) is 20.7. The number of alkyl halides is 1. The molecule has 29 heavy (non-hydrogen) atoms. The molecule has 1 amide bonds. The second kappa shape index (κ2) is 9.43. The number of aromatic nitrogens is 1. The Hall–Kier alpha value is -3.05. The first-order chi connectivity index (χ1) is 14.0. The van der Waals surface area contributed by atoms with E-state index in [1.165, 1.54) is 18.2 Å². The van der Waals surface area contributed by atoms with Crippen molar-refractivity contribution in [1.29, 1.82) is 5.26 Å². The lowest BCUT2D eigenvalue weighted by molar-refractivity contribution is -0.124. The molecular weight excluding hydrogens is 378 g/mol. The van der Waals surface area contributed by atoms with Crippen LogP contribution in [0.4, 0.5) is 8.78 Å². The summed E-state index contributed by atoms with van der Waals surface area (Å²) in [7, 11) is 0. The average Bonchev–Trinajstić information content (AvgIpc) is 2.74. The van der Waals surface area contributed by atoms with Crippen LogP contribution in [0.25, 0.3) is 0 Å². The lowest BCUT2D eigenvalue weighted by atomic mass is 9.92. The van der Waals surface area contributed by atoms with Crippen LogP contribution >= 0.6 is 0 Å². The first-order valence-electron chi connectivity index (χ1n) is 9.39. The van der Waals surface area contributed by atoms with Gasteiger partial charge in [0.15, 0.2) is 0 Å². The van der Waals surface area contributed by atoms with Gasteiger partial charge in [0.05, 0.1) is 11.6 Å². The van der Waals surface area contributed by atoms with E-state index in [2.05, 4.69) is 4.98 Å². The number of rotatable bonds is 7. The molecule has 1 aromatic carbocycles. The number of hydrogen-bond acceptors (Lipinski definition) is 5. The van der Waals surface area contributed by atoms with Crippen molar-refractivity contribution in [2.75, 3.05) is 19.8 Å². The van der Waals surface area contributed by atoms with Crippen molar-refractivity contribution in [3.05, 3.63) is 59.0 Å². The van der Waals surface area contributed by atoms with Crippen LogP contribution in [0, 0.1) is 17.1 Å². The molecule has 1 unspecified atom stereocenters. The normalized spacial score (nSPS) is 16.2. The van der Waals surface area contributed by atoms with E-state index in [4.69, 9.17) is 15.7 Å². The second-order valence-corrected chi connectivity index (χ2v) is 6.99. The largest absolute Gasteiger partial charge is 0.473 e. The number of likely N-dealkylation sites (tertiary alicyclic amines) is 1. The third kappa shape index (κ3) is 5.06. The molecular formula is C21H22F2N4O2. The van der Waals surface area contributed by atoms with Crippen LogP contribution in [0.5, 0.6) is 5.88 Å². The molecule has 2 heterocycles. The molecule has 2 N–H and O–H groups in total. The molecule has 0 spiro atoms. The van der Waals surface area contributed by atoms with Gasteiger partial charge in [-0.1, -0.05) is 12.1 Å². The highest BCUT2D eigenvalue weighted by Crippen LogP contribution is 2.29. The summed E-state index contributed by atoms with van der Waals surface area (Å²) >= 11 is 0. The summed E-state index contributed by atoms with van der Waals surface area (Å²) in [6, 6.07) is 10.7. The smallest absolute Gasteiger partial charge is 0.237 e. The van der Waals surface area contributed by atoms with Crippen molar-refractivity contribution in [3.63, 3.8) is 0 Å². The van der Waals surface area contributed by atoms with Gasteiger partial charge in [-0.15, -0.1) is 0 Å². The van der Waals surface area contributed by atoms with Gasteiger partial charge >= 0.3 is 0 Å². The van der Waals surface area contributed by atoms with E-state index in [1.807, 2.05) is 18.2 Å². The number of hydrogen-bond donors (Lipinski definition) is 1. The molecule has 1 aliphatic heterocycles. The monoisotopic (exact) mass is 400 g/mol. The van der Waals surface area contributed by atoms with Gasteiger partial charge in [-0.05, 0) is 44.1 Å². The summed E-state index contributed by atoms with van der Waals surface area (Å²) in [5, 5.41) is 8.80. The van der Waals surface area contributed by atoms with Crippen LogP contribution < -0.4 is 10.5 Å². The molecule has 0 radical (unpaired) electrons. The minimum atomic E-state index is -0.874. The molecule has 1 aliphatic rings. The number of nitriles is 1. The maximum Gasteiger partial charge on any atom is 0.237 e. The lowest BCUT2D eigenvalue weighted by Gasteiger charge is -2.34. The number of nitrogens with zero attached hydrogens (tertiary/aromatic N) is 3. The Bertz CT molecular complexity index is 908. The van der Waals surface area contributed by atoms with Crippen molar-refractivity contribution in [2.45, 2.75) is 31.4 Å². The molecule has 0 aliphatic carbocycles. The number of piperidine rings is 1. The van der Waals surface area contributed by atoms with Gasteiger partial charge in [0.25, 0.3) is 0 Å². The number of halogens is 2. The van der Waals surface area contributed by atoms with Crippen LogP contribution in [0.3, 0.4) is 0 Å². The van der Waals surface area contributed by atoms with E-state index in [9.17, 15) is 13.6 Å². The molecule has 1 atom stereocenters. The SMILES string of the molecule is N#Cc1ccc(COc2cccc(C3CCN(C(CF)C(N)=O)CC3)n2)c(F)c1. The van der Waals surface area contributed by atoms with Gasteiger partial charge < -0.3 is 10.5 Å². The molecule has 3 rings (SSSR count). The third-order valence-electron chi connectivity index (χ3n) is 5.17. The number of ether oxygens (including phenoxy) is 1. The topological polar surface area (TPSA) is 92.2 Å². The lowest BCUT2D eigenvalue weighted by Crippen LogP contribution is -2.49. The highest BCUT2D eigenvalue weighted by atomic mass is 19.1. The molecule has 152 valence electrons. The fraction of sp³-hybridized carbons (Fsp3) is 0.381. The number of carbonyl (C=O) groups excluding carboxylic acids is 1. The van der Waals surface area contributed by atoms with Gasteiger partial charge in [-0.25, -0.2) is 13.8 Å². The van der Waals surface area contributed by atoms with E-state index >= 15 is 0 Å². The van der Waals surface area contributed by atoms with Crippen molar-refractivity contribution in [1.82, 2.24) is 9.88 Å². The highest BCUT2D eigenvalue weighted by Gasteiger charge is 2.29. The standard InChI is InChI=1S/C21H22F2N4O2/c22-11-19(21(25)28)27-8-6-15(7-9-27)18-2-1-3-20(26-18)29-13-16-5-4-14(12-24)10-17(16)23/h1-5,10,15,19H,6-9,11,13H2,(H2,25,28).